The highest BCUT2D eigenvalue weighted by molar-refractivity contribution is 6.20. The molecule has 1 atom stereocenters. The molecule has 0 amide bonds. The lowest BCUT2D eigenvalue weighted by atomic mass is 9.90. The molecule has 82 valence electrons. The molecule has 0 aromatic heterocycles. The van der Waals surface area contributed by atoms with Crippen LogP contribution in [0.1, 0.15) is 13.3 Å². The Kier molecular flexibility index (Phi) is 2.93. The summed E-state index contributed by atoms with van der Waals surface area (Å²) in [5.74, 6) is -1.64. The molecule has 5 nitrogen and oxygen atoms in total. The molecule has 0 saturated heterocycles. The number of esters is 2. The largest absolute Gasteiger partial charge is 0.468 e. The normalized spacial score (nSPS) is 24.7. The second-order valence-electron chi connectivity index (χ2n) is 3.56. The van der Waals surface area contributed by atoms with Crippen LogP contribution in [-0.4, -0.2) is 31.9 Å². The molecule has 5 heteroatoms. The van der Waals surface area contributed by atoms with Crippen molar-refractivity contribution in [2.24, 2.45) is 5.41 Å². The van der Waals surface area contributed by atoms with Crippen LogP contribution in [0.15, 0.2) is 11.6 Å². The van der Waals surface area contributed by atoms with Gasteiger partial charge in [0, 0.05) is 6.42 Å². The molecule has 15 heavy (non-hydrogen) atoms. The van der Waals surface area contributed by atoms with Crippen LogP contribution in [0.5, 0.6) is 0 Å². The topological polar surface area (TPSA) is 69.7 Å². The highest BCUT2D eigenvalue weighted by Crippen LogP contribution is 2.34. The van der Waals surface area contributed by atoms with E-state index in [0.717, 1.165) is 0 Å². The fourth-order valence-corrected chi connectivity index (χ4v) is 1.53. The minimum Gasteiger partial charge on any atom is -0.468 e. The lowest BCUT2D eigenvalue weighted by Crippen LogP contribution is -2.25. The second kappa shape index (κ2) is 3.84. The van der Waals surface area contributed by atoms with Crippen molar-refractivity contribution in [3.05, 3.63) is 11.6 Å². The van der Waals surface area contributed by atoms with Gasteiger partial charge in [0.05, 0.1) is 25.2 Å². The average molecular weight is 212 g/mol. The average Bonchev–Trinajstić information content (AvgIpc) is 2.53. The number of Topliss-reactive ketones (excluding diaryl/α,β-unsaturated/α-hetero) is 1. The Bertz CT molecular complexity index is 355. The predicted molar refractivity (Wildman–Crippen MR) is 49.8 cm³/mol. The number of ether oxygens (including phenoxy) is 2. The first-order valence-corrected chi connectivity index (χ1v) is 4.37. The Labute approximate surface area is 87.0 Å². The number of carbonyl (C=O) groups is 3. The van der Waals surface area contributed by atoms with Gasteiger partial charge in [0.25, 0.3) is 0 Å². The van der Waals surface area contributed by atoms with Gasteiger partial charge < -0.3 is 9.47 Å². The van der Waals surface area contributed by atoms with Crippen molar-refractivity contribution < 1.29 is 23.9 Å². The third-order valence-corrected chi connectivity index (χ3v) is 2.35. The number of rotatable bonds is 2. The first-order valence-electron chi connectivity index (χ1n) is 4.37. The fourth-order valence-electron chi connectivity index (χ4n) is 1.53. The van der Waals surface area contributed by atoms with E-state index in [4.69, 9.17) is 0 Å². The van der Waals surface area contributed by atoms with Crippen LogP contribution in [-0.2, 0) is 23.9 Å². The predicted octanol–water partition coefficient (Wildman–Crippen LogP) is 0.238. The summed E-state index contributed by atoms with van der Waals surface area (Å²) < 4.78 is 8.99. The highest BCUT2D eigenvalue weighted by atomic mass is 16.5. The van der Waals surface area contributed by atoms with Crippen LogP contribution >= 0.6 is 0 Å². The van der Waals surface area contributed by atoms with Crippen LogP contribution in [0.4, 0.5) is 0 Å². The molecule has 0 fully saturated rings. The summed E-state index contributed by atoms with van der Waals surface area (Å²) in [6.45, 7) is 1.55. The molecule has 0 N–H and O–H groups in total. The van der Waals surface area contributed by atoms with E-state index in [1.807, 2.05) is 0 Å². The molecule has 0 aliphatic heterocycles. The molecule has 0 radical (unpaired) electrons. The molecule has 0 bridgehead atoms. The number of hydrogen-bond acceptors (Lipinski definition) is 5. The van der Waals surface area contributed by atoms with E-state index < -0.39 is 23.1 Å². The molecule has 1 rings (SSSR count). The van der Waals surface area contributed by atoms with E-state index in [0.29, 0.717) is 0 Å². The van der Waals surface area contributed by atoms with Gasteiger partial charge in [0.1, 0.15) is 0 Å². The summed E-state index contributed by atoms with van der Waals surface area (Å²) >= 11 is 0. The van der Waals surface area contributed by atoms with E-state index in [1.165, 1.54) is 20.3 Å². The zero-order valence-electron chi connectivity index (χ0n) is 8.83. The monoisotopic (exact) mass is 212 g/mol. The molecule has 1 unspecified atom stereocenters. The first-order chi connectivity index (χ1) is 6.94. The van der Waals surface area contributed by atoms with Gasteiger partial charge in [-0.1, -0.05) is 0 Å². The molecule has 0 spiro atoms. The first kappa shape index (κ1) is 11.4. The number of ketones is 1. The smallest absolute Gasteiger partial charge is 0.341 e. The lowest BCUT2D eigenvalue weighted by Gasteiger charge is -2.16. The molecule has 1 aliphatic rings. The van der Waals surface area contributed by atoms with Crippen LogP contribution in [0.2, 0.25) is 0 Å². The maximum absolute atomic E-state index is 11.4. The quantitative estimate of drug-likeness (QED) is 0.484. The van der Waals surface area contributed by atoms with Crippen molar-refractivity contribution in [1.82, 2.24) is 0 Å². The molecule has 0 heterocycles. The Balaban J connectivity index is 3.02. The third-order valence-electron chi connectivity index (χ3n) is 2.35. The summed E-state index contributed by atoms with van der Waals surface area (Å²) in [4.78, 5) is 34.0. The van der Waals surface area contributed by atoms with E-state index >= 15 is 0 Å². The molecule has 0 saturated carbocycles. The zero-order valence-corrected chi connectivity index (χ0v) is 8.83. The van der Waals surface area contributed by atoms with Crippen molar-refractivity contribution in [2.45, 2.75) is 13.3 Å². The van der Waals surface area contributed by atoms with Gasteiger partial charge in [0.2, 0.25) is 0 Å². The molecule has 1 aliphatic carbocycles. The maximum atomic E-state index is 11.4. The van der Waals surface area contributed by atoms with Crippen LogP contribution < -0.4 is 0 Å². The van der Waals surface area contributed by atoms with Gasteiger partial charge in [-0.3, -0.25) is 9.59 Å². The number of hydrogen-bond donors (Lipinski definition) is 0. The van der Waals surface area contributed by atoms with E-state index in [-0.39, 0.29) is 12.0 Å². The third kappa shape index (κ3) is 1.91. The summed E-state index contributed by atoms with van der Waals surface area (Å²) in [6, 6.07) is 0. The van der Waals surface area contributed by atoms with E-state index in [1.54, 1.807) is 6.92 Å². The Morgan fingerprint density at radius 3 is 2.40 bits per heavy atom. The summed E-state index contributed by atoms with van der Waals surface area (Å²) in [5, 5.41) is 0. The SMILES string of the molecule is COC(=O)C1=CC(C)(C(=O)OC)CC1=O. The van der Waals surface area contributed by atoms with Crippen molar-refractivity contribution in [1.29, 1.82) is 0 Å². The molecule has 0 aromatic rings. The molecule has 0 aromatic carbocycles. The van der Waals surface area contributed by atoms with Gasteiger partial charge in [-0.15, -0.1) is 0 Å². The van der Waals surface area contributed by atoms with Crippen LogP contribution in [0, 0.1) is 5.41 Å². The summed E-state index contributed by atoms with van der Waals surface area (Å²) in [6.07, 6.45) is 1.26. The van der Waals surface area contributed by atoms with Crippen molar-refractivity contribution in [2.75, 3.05) is 14.2 Å². The number of carbonyl (C=O) groups excluding carboxylic acids is 3. The standard InChI is InChI=1S/C10H12O5/c1-10(9(13)15-3)4-6(7(11)5-10)8(12)14-2/h4H,5H2,1-3H3. The van der Waals surface area contributed by atoms with Crippen LogP contribution in [0.25, 0.3) is 0 Å². The maximum Gasteiger partial charge on any atom is 0.341 e. The van der Waals surface area contributed by atoms with Crippen molar-refractivity contribution in [3.63, 3.8) is 0 Å². The Morgan fingerprint density at radius 2 is 1.93 bits per heavy atom. The van der Waals surface area contributed by atoms with Gasteiger partial charge in [-0.25, -0.2) is 4.79 Å². The minimum atomic E-state index is -1.05. The van der Waals surface area contributed by atoms with Gasteiger partial charge in [0.15, 0.2) is 5.78 Å². The molecular weight excluding hydrogens is 200 g/mol. The fraction of sp³-hybridized carbons (Fsp3) is 0.500. The Hall–Kier alpha value is -1.65. The second-order valence-corrected chi connectivity index (χ2v) is 3.56. The summed E-state index contributed by atoms with van der Waals surface area (Å²) in [5.41, 5.74) is -1.12. The van der Waals surface area contributed by atoms with Gasteiger partial charge >= 0.3 is 11.9 Å². The number of methoxy groups -OCH3 is 2. The molecular formula is C10H12O5. The van der Waals surface area contributed by atoms with Crippen molar-refractivity contribution >= 4 is 17.7 Å². The van der Waals surface area contributed by atoms with E-state index in [9.17, 15) is 14.4 Å². The van der Waals surface area contributed by atoms with E-state index in [2.05, 4.69) is 9.47 Å². The highest BCUT2D eigenvalue weighted by Gasteiger charge is 2.43. The van der Waals surface area contributed by atoms with Gasteiger partial charge in [-0.05, 0) is 13.0 Å². The van der Waals surface area contributed by atoms with Gasteiger partial charge in [-0.2, -0.15) is 0 Å². The summed E-state index contributed by atoms with van der Waals surface area (Å²) in [7, 11) is 2.42. The zero-order chi connectivity index (χ0) is 11.6. The Morgan fingerprint density at radius 1 is 1.33 bits per heavy atom. The minimum absolute atomic E-state index is 0.0515. The van der Waals surface area contributed by atoms with Crippen LogP contribution in [0.3, 0.4) is 0 Å². The lowest BCUT2D eigenvalue weighted by molar-refractivity contribution is -0.150. The van der Waals surface area contributed by atoms with Crippen molar-refractivity contribution in [3.8, 4) is 0 Å².